The van der Waals surface area contributed by atoms with Crippen molar-refractivity contribution in [2.45, 2.75) is 31.4 Å². The number of fused-ring (bicyclic) bond motifs is 1. The van der Waals surface area contributed by atoms with Gasteiger partial charge in [0.15, 0.2) is 0 Å². The standard InChI is InChI=1S/C23H18F6N2O/c24-22(25,26)17-8-4-15(5-9-17)20-19-3-1-12-30(19)13-2-14-31(20)21(32)16-6-10-18(11-7-16)23(27,28)29/h1,3-12,20H,2,13-14H2. The molecule has 1 unspecified atom stereocenters. The van der Waals surface area contributed by atoms with Crippen LogP contribution >= 0.6 is 0 Å². The SMILES string of the molecule is O=C(c1ccc(C(F)(F)F)cc1)N1CCCn2cccc2C1c1ccc(C(F)(F)F)cc1. The van der Waals surface area contributed by atoms with E-state index in [1.807, 2.05) is 10.8 Å². The summed E-state index contributed by atoms with van der Waals surface area (Å²) in [6, 6.07) is 11.5. The summed E-state index contributed by atoms with van der Waals surface area (Å²) in [7, 11) is 0. The van der Waals surface area contributed by atoms with Gasteiger partial charge < -0.3 is 9.47 Å². The highest BCUT2D eigenvalue weighted by Crippen LogP contribution is 2.36. The molecule has 1 atom stereocenters. The molecule has 2 heterocycles. The van der Waals surface area contributed by atoms with Crippen LogP contribution in [0.25, 0.3) is 0 Å². The van der Waals surface area contributed by atoms with Crippen molar-refractivity contribution in [3.8, 4) is 0 Å². The van der Waals surface area contributed by atoms with Crippen molar-refractivity contribution in [1.82, 2.24) is 9.47 Å². The maximum atomic E-state index is 13.3. The molecule has 3 nitrogen and oxygen atoms in total. The Morgan fingerprint density at radius 3 is 1.91 bits per heavy atom. The zero-order chi connectivity index (χ0) is 23.1. The lowest BCUT2D eigenvalue weighted by Gasteiger charge is -2.31. The summed E-state index contributed by atoms with van der Waals surface area (Å²) < 4.78 is 79.6. The van der Waals surface area contributed by atoms with E-state index in [2.05, 4.69) is 0 Å². The molecular formula is C23H18F6N2O. The Labute approximate surface area is 179 Å². The lowest BCUT2D eigenvalue weighted by molar-refractivity contribution is -0.138. The van der Waals surface area contributed by atoms with Crippen LogP contribution in [0.15, 0.2) is 66.9 Å². The van der Waals surface area contributed by atoms with Gasteiger partial charge in [-0.05, 0) is 60.5 Å². The monoisotopic (exact) mass is 452 g/mol. The number of benzene rings is 2. The van der Waals surface area contributed by atoms with Gasteiger partial charge in [-0.1, -0.05) is 12.1 Å². The van der Waals surface area contributed by atoms with E-state index in [9.17, 15) is 31.1 Å². The van der Waals surface area contributed by atoms with E-state index in [4.69, 9.17) is 0 Å². The third kappa shape index (κ3) is 4.24. The van der Waals surface area contributed by atoms with Crippen LogP contribution in [0.4, 0.5) is 26.3 Å². The van der Waals surface area contributed by atoms with Crippen LogP contribution in [-0.2, 0) is 18.9 Å². The Morgan fingerprint density at radius 2 is 1.34 bits per heavy atom. The molecule has 0 saturated heterocycles. The number of amides is 1. The molecule has 168 valence electrons. The van der Waals surface area contributed by atoms with Crippen molar-refractivity contribution in [2.75, 3.05) is 6.54 Å². The fraction of sp³-hybridized carbons (Fsp3) is 0.261. The van der Waals surface area contributed by atoms with Crippen LogP contribution in [0, 0.1) is 0 Å². The summed E-state index contributed by atoms with van der Waals surface area (Å²) in [5.41, 5.74) is -0.374. The third-order valence-electron chi connectivity index (χ3n) is 5.53. The first-order chi connectivity index (χ1) is 15.1. The summed E-state index contributed by atoms with van der Waals surface area (Å²) in [6.45, 7) is 0.906. The van der Waals surface area contributed by atoms with Crippen molar-refractivity contribution in [2.24, 2.45) is 0 Å². The maximum Gasteiger partial charge on any atom is 0.416 e. The lowest BCUT2D eigenvalue weighted by atomic mass is 9.99. The normalized spacial score (nSPS) is 17.1. The summed E-state index contributed by atoms with van der Waals surface area (Å²) >= 11 is 0. The molecule has 0 N–H and O–H groups in total. The highest BCUT2D eigenvalue weighted by molar-refractivity contribution is 5.94. The van der Waals surface area contributed by atoms with Gasteiger partial charge in [0.05, 0.1) is 17.2 Å². The number of aromatic nitrogens is 1. The van der Waals surface area contributed by atoms with Crippen LogP contribution in [0.3, 0.4) is 0 Å². The summed E-state index contributed by atoms with van der Waals surface area (Å²) in [5.74, 6) is -0.488. The second-order valence-corrected chi connectivity index (χ2v) is 7.58. The molecule has 0 bridgehead atoms. The topological polar surface area (TPSA) is 25.2 Å². The van der Waals surface area contributed by atoms with E-state index >= 15 is 0 Å². The van der Waals surface area contributed by atoms with Gasteiger partial charge in [-0.2, -0.15) is 26.3 Å². The number of rotatable bonds is 2. The quantitative estimate of drug-likeness (QED) is 0.428. The number of aryl methyl sites for hydroxylation is 1. The Kier molecular flexibility index (Phi) is 5.52. The molecule has 0 spiro atoms. The molecule has 0 radical (unpaired) electrons. The van der Waals surface area contributed by atoms with E-state index in [0.29, 0.717) is 25.1 Å². The van der Waals surface area contributed by atoms with Crippen LogP contribution in [0.1, 0.15) is 45.2 Å². The van der Waals surface area contributed by atoms with E-state index in [1.54, 1.807) is 12.1 Å². The van der Waals surface area contributed by atoms with Crippen molar-refractivity contribution in [3.63, 3.8) is 0 Å². The van der Waals surface area contributed by atoms with Gasteiger partial charge in [-0.15, -0.1) is 0 Å². The fourth-order valence-corrected chi connectivity index (χ4v) is 3.97. The number of halogens is 6. The van der Waals surface area contributed by atoms with Gasteiger partial charge >= 0.3 is 12.4 Å². The summed E-state index contributed by atoms with van der Waals surface area (Å²) in [4.78, 5) is 14.8. The lowest BCUT2D eigenvalue weighted by Crippen LogP contribution is -2.35. The maximum absolute atomic E-state index is 13.3. The van der Waals surface area contributed by atoms with Crippen molar-refractivity contribution >= 4 is 5.91 Å². The molecule has 3 aromatic rings. The molecule has 4 rings (SSSR count). The van der Waals surface area contributed by atoms with Gasteiger partial charge in [0.2, 0.25) is 0 Å². The van der Waals surface area contributed by atoms with Crippen LogP contribution in [0.2, 0.25) is 0 Å². The fourth-order valence-electron chi connectivity index (χ4n) is 3.97. The minimum absolute atomic E-state index is 0.0786. The molecule has 32 heavy (non-hydrogen) atoms. The molecule has 1 aliphatic rings. The van der Waals surface area contributed by atoms with Gasteiger partial charge in [-0.25, -0.2) is 0 Å². The van der Waals surface area contributed by atoms with Gasteiger partial charge in [0.1, 0.15) is 0 Å². The Morgan fingerprint density at radius 1 is 0.781 bits per heavy atom. The first kappa shape index (κ1) is 22.0. The Bertz CT molecular complexity index is 1100. The Balaban J connectivity index is 1.73. The molecule has 0 aliphatic carbocycles. The number of nitrogens with zero attached hydrogens (tertiary/aromatic N) is 2. The second-order valence-electron chi connectivity index (χ2n) is 7.58. The molecular weight excluding hydrogens is 434 g/mol. The van der Waals surface area contributed by atoms with Gasteiger partial charge in [0.25, 0.3) is 5.91 Å². The number of hydrogen-bond donors (Lipinski definition) is 0. The highest BCUT2D eigenvalue weighted by atomic mass is 19.4. The van der Waals surface area contributed by atoms with E-state index in [1.165, 1.54) is 17.0 Å². The zero-order valence-corrected chi connectivity index (χ0v) is 16.6. The summed E-state index contributed by atoms with van der Waals surface area (Å²) in [6.07, 6.45) is -6.59. The minimum Gasteiger partial charge on any atom is -0.349 e. The predicted molar refractivity (Wildman–Crippen MR) is 105 cm³/mol. The molecule has 1 aliphatic heterocycles. The minimum atomic E-state index is -4.52. The van der Waals surface area contributed by atoms with E-state index in [-0.39, 0.29) is 5.56 Å². The Hall–Kier alpha value is -3.23. The zero-order valence-electron chi connectivity index (χ0n) is 16.6. The average molecular weight is 452 g/mol. The van der Waals surface area contributed by atoms with Crippen LogP contribution in [0.5, 0.6) is 0 Å². The second kappa shape index (κ2) is 8.03. The first-order valence-corrected chi connectivity index (χ1v) is 9.86. The van der Waals surface area contributed by atoms with Crippen molar-refractivity contribution in [1.29, 1.82) is 0 Å². The molecule has 1 amide bonds. The summed E-state index contributed by atoms with van der Waals surface area (Å²) in [5, 5.41) is 0. The largest absolute Gasteiger partial charge is 0.416 e. The average Bonchev–Trinajstić information content (AvgIpc) is 3.12. The predicted octanol–water partition coefficient (Wildman–Crippen LogP) is 6.16. The number of hydrogen-bond acceptors (Lipinski definition) is 1. The molecule has 1 aromatic heterocycles. The van der Waals surface area contributed by atoms with Crippen molar-refractivity contribution in [3.05, 3.63) is 94.8 Å². The smallest absolute Gasteiger partial charge is 0.349 e. The van der Waals surface area contributed by atoms with E-state index in [0.717, 1.165) is 42.1 Å². The highest BCUT2D eigenvalue weighted by Gasteiger charge is 2.35. The van der Waals surface area contributed by atoms with E-state index < -0.39 is 35.4 Å². The van der Waals surface area contributed by atoms with Gasteiger partial charge in [0, 0.05) is 30.5 Å². The number of carbonyl (C=O) groups is 1. The molecule has 9 heteroatoms. The van der Waals surface area contributed by atoms with Gasteiger partial charge in [-0.3, -0.25) is 4.79 Å². The first-order valence-electron chi connectivity index (χ1n) is 9.86. The van der Waals surface area contributed by atoms with Crippen LogP contribution in [-0.4, -0.2) is 21.9 Å². The number of alkyl halides is 6. The van der Waals surface area contributed by atoms with Crippen LogP contribution < -0.4 is 0 Å². The molecule has 2 aromatic carbocycles. The van der Waals surface area contributed by atoms with Crippen molar-refractivity contribution < 1.29 is 31.1 Å². The third-order valence-corrected chi connectivity index (χ3v) is 5.53. The molecule has 0 fully saturated rings. The number of carbonyl (C=O) groups excluding carboxylic acids is 1. The molecule has 0 saturated carbocycles.